The highest BCUT2D eigenvalue weighted by Crippen LogP contribution is 2.47. The molecule has 6 unspecified atom stereocenters. The van der Waals surface area contributed by atoms with Crippen LogP contribution in [0.5, 0.6) is 0 Å². The monoisotopic (exact) mass is 945 g/mol. The van der Waals surface area contributed by atoms with Crippen LogP contribution in [-0.4, -0.2) is 98.3 Å². The van der Waals surface area contributed by atoms with Crippen molar-refractivity contribution in [3.05, 3.63) is 36.5 Å². The van der Waals surface area contributed by atoms with Crippen LogP contribution in [0.4, 0.5) is 0 Å². The number of rotatable bonds is 43. The van der Waals surface area contributed by atoms with Crippen molar-refractivity contribution in [3.63, 3.8) is 0 Å². The van der Waals surface area contributed by atoms with Gasteiger partial charge in [-0.1, -0.05) is 192 Å². The summed E-state index contributed by atoms with van der Waals surface area (Å²) in [6.45, 7) is 3.27. The summed E-state index contributed by atoms with van der Waals surface area (Å²) in [4.78, 5) is 35.8. The fourth-order valence-corrected chi connectivity index (χ4v) is 8.80. The molecule has 1 rings (SSSR count). The second kappa shape index (κ2) is 41.1. The minimum absolute atomic E-state index is 0.0497. The third-order valence-electron chi connectivity index (χ3n) is 12.0. The number of ether oxygens (including phenoxy) is 2. The molecule has 0 aromatic heterocycles. The molecule has 0 spiro atoms. The molecule has 0 heterocycles. The summed E-state index contributed by atoms with van der Waals surface area (Å²) in [5.41, 5.74) is 0. The highest BCUT2D eigenvalue weighted by atomic mass is 31.2. The van der Waals surface area contributed by atoms with Crippen molar-refractivity contribution in [1.82, 2.24) is 0 Å². The van der Waals surface area contributed by atoms with E-state index in [1.54, 1.807) is 0 Å². The predicted molar refractivity (Wildman–Crippen MR) is 258 cm³/mol. The van der Waals surface area contributed by atoms with Gasteiger partial charge in [-0.3, -0.25) is 18.6 Å². The Morgan fingerprint density at radius 1 is 0.477 bits per heavy atom. The van der Waals surface area contributed by atoms with E-state index < -0.39 is 75.7 Å². The quantitative estimate of drug-likeness (QED) is 0.0146. The van der Waals surface area contributed by atoms with Crippen molar-refractivity contribution in [2.45, 2.75) is 262 Å². The van der Waals surface area contributed by atoms with Crippen LogP contribution in [0.3, 0.4) is 0 Å². The first-order valence-corrected chi connectivity index (χ1v) is 27.3. The van der Waals surface area contributed by atoms with Crippen LogP contribution in [0.25, 0.3) is 0 Å². The van der Waals surface area contributed by atoms with Gasteiger partial charge in [0, 0.05) is 12.8 Å². The second-order valence-electron chi connectivity index (χ2n) is 18.0. The highest BCUT2D eigenvalue weighted by molar-refractivity contribution is 7.47. The molecule has 0 aliphatic heterocycles. The zero-order valence-corrected chi connectivity index (χ0v) is 41.4. The van der Waals surface area contributed by atoms with E-state index in [0.717, 1.165) is 51.4 Å². The van der Waals surface area contributed by atoms with Crippen LogP contribution < -0.4 is 0 Å². The van der Waals surface area contributed by atoms with Gasteiger partial charge in [0.1, 0.15) is 43.2 Å². The number of phosphoric ester groups is 1. The van der Waals surface area contributed by atoms with Crippen molar-refractivity contribution in [2.24, 2.45) is 0 Å². The lowest BCUT2D eigenvalue weighted by Crippen LogP contribution is -2.64. The minimum Gasteiger partial charge on any atom is -0.462 e. The molecule has 1 saturated carbocycles. The molecule has 0 radical (unpaired) electrons. The van der Waals surface area contributed by atoms with E-state index >= 15 is 0 Å². The van der Waals surface area contributed by atoms with E-state index in [-0.39, 0.29) is 12.8 Å². The van der Waals surface area contributed by atoms with E-state index in [0.29, 0.717) is 12.8 Å². The Bertz CT molecular complexity index is 1280. The summed E-state index contributed by atoms with van der Waals surface area (Å²) in [5, 5.41) is 50.2. The van der Waals surface area contributed by atoms with Crippen molar-refractivity contribution in [3.8, 4) is 0 Å². The summed E-state index contributed by atoms with van der Waals surface area (Å²) < 4.78 is 33.6. The molecule has 0 amide bonds. The standard InChI is InChI=1S/C51H93O13P/c1-3-5-7-9-11-13-15-17-19-20-21-22-23-24-26-27-29-31-33-35-37-39-44(52)61-41-43(42-62-65(59,60)64-51-49(57)47(55)46(54)48(56)50(51)58)63-45(53)40-38-36-34-32-30-28-25-18-16-14-12-10-8-6-4-2/h12,14,18,25,30,32,43,46-51,54-58H,3-11,13,15-17,19-24,26-29,31,33-42H2,1-2H3,(H,59,60)/b14-12+,25-18+,32-30+/t43-,46?,47-,48?,49?,50?,51?/m0/s1. The van der Waals surface area contributed by atoms with Crippen LogP contribution >= 0.6 is 7.82 Å². The van der Waals surface area contributed by atoms with Gasteiger partial charge >= 0.3 is 19.8 Å². The zero-order chi connectivity index (χ0) is 47.8. The summed E-state index contributed by atoms with van der Waals surface area (Å²) >= 11 is 0. The third kappa shape index (κ3) is 33.3. The average Bonchev–Trinajstić information content (AvgIpc) is 3.29. The number of aliphatic hydroxyl groups excluding tert-OH is 5. The number of hydrogen-bond acceptors (Lipinski definition) is 12. The number of hydrogen-bond donors (Lipinski definition) is 6. The molecule has 13 nitrogen and oxygen atoms in total. The molecule has 1 aliphatic rings. The number of allylic oxidation sites excluding steroid dienone is 6. The van der Waals surface area contributed by atoms with Crippen molar-refractivity contribution in [1.29, 1.82) is 0 Å². The number of carbonyl (C=O) groups is 2. The van der Waals surface area contributed by atoms with Gasteiger partial charge in [-0.25, -0.2) is 4.57 Å². The normalized spacial score (nSPS) is 21.7. The SMILES string of the molecule is CCCCC/C=C/C/C=C/C/C=C/CCCCC(=O)O[C@@H](COC(=O)CCCCCCCCCCCCCCCCCCCCCCC)COP(=O)(O)OC1C(O)C(O)C(O)[C@H](O)C1O. The molecule has 14 heteroatoms. The summed E-state index contributed by atoms with van der Waals surface area (Å²) in [6.07, 6.45) is 34.9. The fourth-order valence-electron chi connectivity index (χ4n) is 7.82. The Labute approximate surface area is 393 Å². The van der Waals surface area contributed by atoms with Gasteiger partial charge in [0.05, 0.1) is 6.61 Å². The molecule has 8 atom stereocenters. The lowest BCUT2D eigenvalue weighted by atomic mass is 9.85. The number of unbranched alkanes of at least 4 members (excludes halogenated alkanes) is 25. The van der Waals surface area contributed by atoms with Gasteiger partial charge in [0.15, 0.2) is 6.10 Å². The van der Waals surface area contributed by atoms with Gasteiger partial charge in [-0.05, 0) is 51.4 Å². The molecule has 65 heavy (non-hydrogen) atoms. The minimum atomic E-state index is -5.13. The van der Waals surface area contributed by atoms with Gasteiger partial charge in [0.25, 0.3) is 0 Å². The maximum atomic E-state index is 12.8. The van der Waals surface area contributed by atoms with E-state index in [1.165, 1.54) is 128 Å². The lowest BCUT2D eigenvalue weighted by Gasteiger charge is -2.41. The first-order chi connectivity index (χ1) is 31.4. The number of phosphoric acid groups is 1. The Hall–Kier alpha value is -1.93. The van der Waals surface area contributed by atoms with E-state index in [9.17, 15) is 44.6 Å². The molecule has 0 saturated heterocycles. The van der Waals surface area contributed by atoms with Crippen LogP contribution in [0.1, 0.15) is 219 Å². The molecule has 1 aliphatic carbocycles. The summed E-state index contributed by atoms with van der Waals surface area (Å²) in [7, 11) is -5.13. The number of carbonyl (C=O) groups excluding carboxylic acids is 2. The summed E-state index contributed by atoms with van der Waals surface area (Å²) in [5.74, 6) is -1.14. The molecule has 0 aromatic carbocycles. The van der Waals surface area contributed by atoms with Crippen molar-refractivity contribution >= 4 is 19.8 Å². The van der Waals surface area contributed by atoms with Crippen LogP contribution in [0.2, 0.25) is 0 Å². The Morgan fingerprint density at radius 3 is 1.29 bits per heavy atom. The second-order valence-corrected chi connectivity index (χ2v) is 19.4. The molecular weight excluding hydrogens is 852 g/mol. The third-order valence-corrected chi connectivity index (χ3v) is 13.0. The number of esters is 2. The Kier molecular flexibility index (Phi) is 38.6. The van der Waals surface area contributed by atoms with E-state index in [1.807, 2.05) is 0 Å². The molecule has 0 bridgehead atoms. The summed E-state index contributed by atoms with van der Waals surface area (Å²) in [6, 6.07) is 0. The Balaban J connectivity index is 2.39. The van der Waals surface area contributed by atoms with Gasteiger partial charge in [0.2, 0.25) is 0 Å². The molecule has 1 fully saturated rings. The first kappa shape index (κ1) is 61.1. The van der Waals surface area contributed by atoms with E-state index in [2.05, 4.69) is 50.3 Å². The van der Waals surface area contributed by atoms with Crippen LogP contribution in [0.15, 0.2) is 36.5 Å². The van der Waals surface area contributed by atoms with Gasteiger partial charge in [-0.2, -0.15) is 0 Å². The van der Waals surface area contributed by atoms with Crippen molar-refractivity contribution < 1.29 is 63.1 Å². The molecule has 380 valence electrons. The molecular formula is C51H93O13P. The molecule has 6 N–H and O–H groups in total. The van der Waals surface area contributed by atoms with E-state index in [4.69, 9.17) is 18.5 Å². The topological polar surface area (TPSA) is 210 Å². The largest absolute Gasteiger partial charge is 0.472 e. The highest BCUT2D eigenvalue weighted by Gasteiger charge is 2.51. The predicted octanol–water partition coefficient (Wildman–Crippen LogP) is 11.0. The van der Waals surface area contributed by atoms with Crippen LogP contribution in [-0.2, 0) is 32.7 Å². The van der Waals surface area contributed by atoms with Crippen LogP contribution in [0, 0.1) is 0 Å². The van der Waals surface area contributed by atoms with Crippen molar-refractivity contribution in [2.75, 3.05) is 13.2 Å². The number of aliphatic hydroxyl groups is 5. The van der Waals surface area contributed by atoms with Gasteiger partial charge in [-0.15, -0.1) is 0 Å². The first-order valence-electron chi connectivity index (χ1n) is 25.8. The maximum Gasteiger partial charge on any atom is 0.472 e. The molecule has 0 aromatic rings. The smallest absolute Gasteiger partial charge is 0.462 e. The average molecular weight is 945 g/mol. The zero-order valence-electron chi connectivity index (χ0n) is 40.5. The maximum absolute atomic E-state index is 12.8. The Morgan fingerprint density at radius 2 is 0.831 bits per heavy atom. The lowest BCUT2D eigenvalue weighted by molar-refractivity contribution is -0.220. The van der Waals surface area contributed by atoms with Gasteiger partial charge < -0.3 is 39.9 Å². The fraction of sp³-hybridized carbons (Fsp3) is 0.843.